The van der Waals surface area contributed by atoms with Crippen LogP contribution in [-0.4, -0.2) is 24.5 Å². The van der Waals surface area contributed by atoms with E-state index in [4.69, 9.17) is 4.74 Å². The number of halogens is 1. The Hall–Kier alpha value is -2.89. The Labute approximate surface area is 164 Å². The highest BCUT2D eigenvalue weighted by Crippen LogP contribution is 2.25. The number of anilines is 1. The molecule has 0 saturated heterocycles. The SMILES string of the molecule is CC1CCCC(NC(=O)c2ccccc2OCC(=O)Nc2ccccc2F)C1. The summed E-state index contributed by atoms with van der Waals surface area (Å²) in [6.45, 7) is 1.88. The van der Waals surface area contributed by atoms with Gasteiger partial charge in [0.05, 0.1) is 11.3 Å². The number of nitrogens with one attached hydrogen (secondary N) is 2. The molecule has 0 heterocycles. The molecule has 0 radical (unpaired) electrons. The number of hydrogen-bond donors (Lipinski definition) is 2. The second-order valence-corrected chi connectivity index (χ2v) is 7.26. The minimum atomic E-state index is -0.516. The maximum atomic E-state index is 13.6. The van der Waals surface area contributed by atoms with Crippen LogP contribution in [0.4, 0.5) is 10.1 Å². The molecule has 6 heteroatoms. The van der Waals surface area contributed by atoms with E-state index in [0.29, 0.717) is 17.2 Å². The predicted octanol–water partition coefficient (Wildman–Crippen LogP) is 4.15. The van der Waals surface area contributed by atoms with E-state index in [1.54, 1.807) is 36.4 Å². The van der Waals surface area contributed by atoms with Crippen molar-refractivity contribution in [2.24, 2.45) is 5.92 Å². The third kappa shape index (κ3) is 5.31. The molecule has 2 aromatic carbocycles. The highest BCUT2D eigenvalue weighted by Gasteiger charge is 2.22. The van der Waals surface area contributed by atoms with Crippen LogP contribution in [0, 0.1) is 11.7 Å². The molecule has 3 rings (SSSR count). The van der Waals surface area contributed by atoms with Gasteiger partial charge in [-0.1, -0.05) is 44.0 Å². The number of carbonyl (C=O) groups excluding carboxylic acids is 2. The summed E-state index contributed by atoms with van der Waals surface area (Å²) in [7, 11) is 0. The van der Waals surface area contributed by atoms with Crippen molar-refractivity contribution in [3.8, 4) is 5.75 Å². The Kier molecular flexibility index (Phi) is 6.63. The summed E-state index contributed by atoms with van der Waals surface area (Å²) in [5, 5.41) is 5.53. The first-order valence-electron chi connectivity index (χ1n) is 9.60. The fraction of sp³-hybridized carbons (Fsp3) is 0.364. The minimum absolute atomic E-state index is 0.0912. The van der Waals surface area contributed by atoms with Crippen LogP contribution in [0.15, 0.2) is 48.5 Å². The van der Waals surface area contributed by atoms with Gasteiger partial charge in [0.1, 0.15) is 11.6 Å². The summed E-state index contributed by atoms with van der Waals surface area (Å²) in [5.74, 6) is -0.289. The standard InChI is InChI=1S/C22H25FN2O3/c1-15-7-6-8-16(13-15)24-22(27)17-9-2-5-12-20(17)28-14-21(26)25-19-11-4-3-10-18(19)23/h2-5,9-12,15-16H,6-8,13-14H2,1H3,(H,24,27)(H,25,26). The average Bonchev–Trinajstić information content (AvgIpc) is 2.68. The van der Waals surface area contributed by atoms with E-state index in [-0.39, 0.29) is 24.2 Å². The van der Waals surface area contributed by atoms with Gasteiger partial charge in [-0.15, -0.1) is 0 Å². The summed E-state index contributed by atoms with van der Waals surface area (Å²) in [4.78, 5) is 24.7. The van der Waals surface area contributed by atoms with Crippen LogP contribution >= 0.6 is 0 Å². The molecule has 1 aliphatic rings. The highest BCUT2D eigenvalue weighted by molar-refractivity contribution is 5.97. The first kappa shape index (κ1) is 19.9. The van der Waals surface area contributed by atoms with E-state index in [9.17, 15) is 14.0 Å². The Morgan fingerprint density at radius 2 is 1.86 bits per heavy atom. The van der Waals surface area contributed by atoms with Gasteiger partial charge in [0.25, 0.3) is 11.8 Å². The van der Waals surface area contributed by atoms with E-state index >= 15 is 0 Å². The van der Waals surface area contributed by atoms with Crippen LogP contribution in [0.2, 0.25) is 0 Å². The van der Waals surface area contributed by atoms with Gasteiger partial charge < -0.3 is 15.4 Å². The zero-order chi connectivity index (χ0) is 19.9. The maximum Gasteiger partial charge on any atom is 0.262 e. The molecule has 0 bridgehead atoms. The summed E-state index contributed by atoms with van der Waals surface area (Å²) in [6.07, 6.45) is 4.26. The van der Waals surface area contributed by atoms with Gasteiger partial charge in [0.2, 0.25) is 0 Å². The maximum absolute atomic E-state index is 13.6. The van der Waals surface area contributed by atoms with Crippen molar-refractivity contribution in [2.45, 2.75) is 38.6 Å². The second-order valence-electron chi connectivity index (χ2n) is 7.26. The first-order chi connectivity index (χ1) is 13.5. The molecule has 1 fully saturated rings. The second kappa shape index (κ2) is 9.35. The molecular formula is C22H25FN2O3. The third-order valence-electron chi connectivity index (χ3n) is 4.91. The lowest BCUT2D eigenvalue weighted by Crippen LogP contribution is -2.38. The summed E-state index contributed by atoms with van der Waals surface area (Å²) in [5.41, 5.74) is 0.480. The van der Waals surface area contributed by atoms with Crippen molar-refractivity contribution in [3.05, 3.63) is 59.9 Å². The summed E-state index contributed by atoms with van der Waals surface area (Å²) in [6, 6.07) is 12.9. The van der Waals surface area contributed by atoms with Crippen molar-refractivity contribution in [1.82, 2.24) is 5.32 Å². The normalized spacial score (nSPS) is 18.9. The monoisotopic (exact) mass is 384 g/mol. The predicted molar refractivity (Wildman–Crippen MR) is 106 cm³/mol. The van der Waals surface area contributed by atoms with E-state index in [2.05, 4.69) is 17.6 Å². The molecule has 2 aromatic rings. The fourth-order valence-corrected chi connectivity index (χ4v) is 3.50. The number of amides is 2. The number of hydrogen-bond acceptors (Lipinski definition) is 3. The molecule has 148 valence electrons. The van der Waals surface area contributed by atoms with Gasteiger partial charge in [-0.2, -0.15) is 0 Å². The molecule has 28 heavy (non-hydrogen) atoms. The molecule has 2 atom stereocenters. The molecular weight excluding hydrogens is 359 g/mol. The van der Waals surface area contributed by atoms with Crippen LogP contribution in [0.1, 0.15) is 43.0 Å². The Morgan fingerprint density at radius 1 is 1.11 bits per heavy atom. The number of benzene rings is 2. The lowest BCUT2D eigenvalue weighted by atomic mass is 9.87. The van der Waals surface area contributed by atoms with Gasteiger partial charge in [-0.3, -0.25) is 9.59 Å². The lowest BCUT2D eigenvalue weighted by molar-refractivity contribution is -0.118. The number of para-hydroxylation sites is 2. The van der Waals surface area contributed by atoms with Gasteiger partial charge in [-0.05, 0) is 43.0 Å². The smallest absolute Gasteiger partial charge is 0.262 e. The topological polar surface area (TPSA) is 67.4 Å². The van der Waals surface area contributed by atoms with E-state index in [1.165, 1.54) is 18.6 Å². The third-order valence-corrected chi connectivity index (χ3v) is 4.91. The Morgan fingerprint density at radius 3 is 2.64 bits per heavy atom. The minimum Gasteiger partial charge on any atom is -0.483 e. The first-order valence-corrected chi connectivity index (χ1v) is 9.60. The number of carbonyl (C=O) groups is 2. The summed E-state index contributed by atoms with van der Waals surface area (Å²) >= 11 is 0. The molecule has 1 saturated carbocycles. The number of rotatable bonds is 6. The van der Waals surface area contributed by atoms with Gasteiger partial charge >= 0.3 is 0 Å². The molecule has 2 amide bonds. The van der Waals surface area contributed by atoms with Crippen molar-refractivity contribution in [1.29, 1.82) is 0 Å². The van der Waals surface area contributed by atoms with Crippen LogP contribution in [0.3, 0.4) is 0 Å². The highest BCUT2D eigenvalue weighted by atomic mass is 19.1. The molecule has 0 spiro atoms. The van der Waals surface area contributed by atoms with Gasteiger partial charge in [-0.25, -0.2) is 4.39 Å². The zero-order valence-corrected chi connectivity index (χ0v) is 15.9. The summed E-state index contributed by atoms with van der Waals surface area (Å²) < 4.78 is 19.2. The van der Waals surface area contributed by atoms with Crippen LogP contribution < -0.4 is 15.4 Å². The quantitative estimate of drug-likeness (QED) is 0.786. The van der Waals surface area contributed by atoms with Gasteiger partial charge in [0, 0.05) is 6.04 Å². The molecule has 0 aromatic heterocycles. The number of ether oxygens (including phenoxy) is 1. The van der Waals surface area contributed by atoms with Crippen molar-refractivity contribution in [3.63, 3.8) is 0 Å². The van der Waals surface area contributed by atoms with Crippen LogP contribution in [0.25, 0.3) is 0 Å². The molecule has 5 nitrogen and oxygen atoms in total. The van der Waals surface area contributed by atoms with Crippen molar-refractivity contribution < 1.29 is 18.7 Å². The average molecular weight is 384 g/mol. The van der Waals surface area contributed by atoms with E-state index < -0.39 is 11.7 Å². The van der Waals surface area contributed by atoms with Crippen molar-refractivity contribution in [2.75, 3.05) is 11.9 Å². The fourth-order valence-electron chi connectivity index (χ4n) is 3.50. The molecule has 2 N–H and O–H groups in total. The Bertz CT molecular complexity index is 840. The van der Waals surface area contributed by atoms with Crippen LogP contribution in [0.5, 0.6) is 5.75 Å². The zero-order valence-electron chi connectivity index (χ0n) is 15.9. The lowest BCUT2D eigenvalue weighted by Gasteiger charge is -2.27. The molecule has 1 aliphatic carbocycles. The van der Waals surface area contributed by atoms with E-state index in [0.717, 1.165) is 19.3 Å². The van der Waals surface area contributed by atoms with E-state index in [1.807, 2.05) is 0 Å². The van der Waals surface area contributed by atoms with Gasteiger partial charge in [0.15, 0.2) is 6.61 Å². The van der Waals surface area contributed by atoms with Crippen molar-refractivity contribution >= 4 is 17.5 Å². The molecule has 2 unspecified atom stereocenters. The Balaban J connectivity index is 1.59. The molecule has 0 aliphatic heterocycles. The van der Waals surface area contributed by atoms with Crippen LogP contribution in [-0.2, 0) is 4.79 Å². The largest absolute Gasteiger partial charge is 0.483 e.